The van der Waals surface area contributed by atoms with Gasteiger partial charge in [0.15, 0.2) is 0 Å². The van der Waals surface area contributed by atoms with Gasteiger partial charge in [-0.3, -0.25) is 0 Å². The molecule has 0 amide bonds. The molecule has 2 rings (SSSR count). The standard InChI is InChI=1S/C17H22N2/c1-11-8-9-16(13(3)12(11)2)17(18)14-6-5-7-15(10-14)19-4/h5-10,17,19H,18H2,1-4H3. The van der Waals surface area contributed by atoms with Crippen LogP contribution in [0, 0.1) is 20.8 Å². The molecule has 0 bridgehead atoms. The van der Waals surface area contributed by atoms with Crippen LogP contribution in [-0.4, -0.2) is 7.05 Å². The lowest BCUT2D eigenvalue weighted by molar-refractivity contribution is 0.858. The van der Waals surface area contributed by atoms with Gasteiger partial charge in [0, 0.05) is 12.7 Å². The number of rotatable bonds is 3. The highest BCUT2D eigenvalue weighted by Crippen LogP contribution is 2.27. The monoisotopic (exact) mass is 254 g/mol. The summed E-state index contributed by atoms with van der Waals surface area (Å²) in [6.45, 7) is 6.45. The molecule has 19 heavy (non-hydrogen) atoms. The molecule has 0 saturated carbocycles. The third-order valence-electron chi connectivity index (χ3n) is 3.97. The van der Waals surface area contributed by atoms with E-state index in [-0.39, 0.29) is 6.04 Å². The topological polar surface area (TPSA) is 38.0 Å². The van der Waals surface area contributed by atoms with Crippen molar-refractivity contribution in [3.63, 3.8) is 0 Å². The van der Waals surface area contributed by atoms with Gasteiger partial charge < -0.3 is 11.1 Å². The number of anilines is 1. The summed E-state index contributed by atoms with van der Waals surface area (Å²) in [7, 11) is 1.92. The highest BCUT2D eigenvalue weighted by Gasteiger charge is 2.13. The maximum atomic E-state index is 6.43. The Labute approximate surface area is 115 Å². The predicted molar refractivity (Wildman–Crippen MR) is 82.7 cm³/mol. The van der Waals surface area contributed by atoms with Crippen LogP contribution in [0.15, 0.2) is 36.4 Å². The van der Waals surface area contributed by atoms with Gasteiger partial charge >= 0.3 is 0 Å². The molecule has 0 aliphatic carbocycles. The summed E-state index contributed by atoms with van der Waals surface area (Å²) in [4.78, 5) is 0. The maximum Gasteiger partial charge on any atom is 0.0555 e. The molecule has 100 valence electrons. The van der Waals surface area contributed by atoms with E-state index in [1.165, 1.54) is 22.3 Å². The Bertz CT molecular complexity index is 588. The fourth-order valence-electron chi connectivity index (χ4n) is 2.38. The Morgan fingerprint density at radius 3 is 2.42 bits per heavy atom. The van der Waals surface area contributed by atoms with Crippen molar-refractivity contribution >= 4 is 5.69 Å². The summed E-state index contributed by atoms with van der Waals surface area (Å²) in [6, 6.07) is 12.5. The molecule has 3 N–H and O–H groups in total. The molecular weight excluding hydrogens is 232 g/mol. The summed E-state index contributed by atoms with van der Waals surface area (Å²) >= 11 is 0. The van der Waals surface area contributed by atoms with Crippen LogP contribution in [0.25, 0.3) is 0 Å². The second kappa shape index (κ2) is 5.45. The molecule has 0 aromatic heterocycles. The largest absolute Gasteiger partial charge is 0.388 e. The smallest absolute Gasteiger partial charge is 0.0555 e. The first-order valence-electron chi connectivity index (χ1n) is 6.64. The molecule has 1 unspecified atom stereocenters. The van der Waals surface area contributed by atoms with Crippen LogP contribution in [0.4, 0.5) is 5.69 Å². The second-order valence-corrected chi connectivity index (χ2v) is 5.07. The molecule has 0 aliphatic heterocycles. The van der Waals surface area contributed by atoms with Crippen LogP contribution in [0.1, 0.15) is 33.9 Å². The van der Waals surface area contributed by atoms with Crippen LogP contribution < -0.4 is 11.1 Å². The number of nitrogens with one attached hydrogen (secondary N) is 1. The van der Waals surface area contributed by atoms with Crippen LogP contribution in [0.3, 0.4) is 0 Å². The van der Waals surface area contributed by atoms with E-state index in [4.69, 9.17) is 5.73 Å². The average Bonchev–Trinajstić information content (AvgIpc) is 2.44. The maximum absolute atomic E-state index is 6.43. The molecule has 1 atom stereocenters. The third-order valence-corrected chi connectivity index (χ3v) is 3.97. The lowest BCUT2D eigenvalue weighted by atomic mass is 9.91. The van der Waals surface area contributed by atoms with Gasteiger partial charge in [-0.15, -0.1) is 0 Å². The highest BCUT2D eigenvalue weighted by molar-refractivity contribution is 5.49. The Morgan fingerprint density at radius 1 is 1.00 bits per heavy atom. The Kier molecular flexibility index (Phi) is 3.91. The van der Waals surface area contributed by atoms with E-state index in [1.807, 2.05) is 19.2 Å². The number of aryl methyl sites for hydroxylation is 1. The zero-order valence-corrected chi connectivity index (χ0v) is 12.1. The first-order valence-corrected chi connectivity index (χ1v) is 6.64. The molecule has 0 spiro atoms. The summed E-state index contributed by atoms with van der Waals surface area (Å²) in [5.41, 5.74) is 13.8. The lowest BCUT2D eigenvalue weighted by Gasteiger charge is -2.18. The van der Waals surface area contributed by atoms with Gasteiger partial charge in [0.1, 0.15) is 0 Å². The van der Waals surface area contributed by atoms with Crippen molar-refractivity contribution in [1.29, 1.82) is 0 Å². The van der Waals surface area contributed by atoms with Crippen molar-refractivity contribution in [2.45, 2.75) is 26.8 Å². The van der Waals surface area contributed by atoms with Gasteiger partial charge in [-0.2, -0.15) is 0 Å². The Hall–Kier alpha value is -1.80. The summed E-state index contributed by atoms with van der Waals surface area (Å²) < 4.78 is 0. The second-order valence-electron chi connectivity index (χ2n) is 5.07. The van der Waals surface area contributed by atoms with Gasteiger partial charge in [0.05, 0.1) is 6.04 Å². The SMILES string of the molecule is CNc1cccc(C(N)c2ccc(C)c(C)c2C)c1. The van der Waals surface area contributed by atoms with Crippen LogP contribution in [0.5, 0.6) is 0 Å². The van der Waals surface area contributed by atoms with E-state index in [0.29, 0.717) is 0 Å². The van der Waals surface area contributed by atoms with Gasteiger partial charge in [0.2, 0.25) is 0 Å². The molecule has 0 heterocycles. The third kappa shape index (κ3) is 2.64. The number of nitrogens with two attached hydrogens (primary N) is 1. The highest BCUT2D eigenvalue weighted by atomic mass is 14.8. The van der Waals surface area contributed by atoms with Crippen molar-refractivity contribution < 1.29 is 0 Å². The van der Waals surface area contributed by atoms with Crippen molar-refractivity contribution in [2.75, 3.05) is 12.4 Å². The zero-order chi connectivity index (χ0) is 14.0. The van der Waals surface area contributed by atoms with E-state index in [2.05, 4.69) is 50.4 Å². The summed E-state index contributed by atoms with van der Waals surface area (Å²) in [6.07, 6.45) is 0. The molecule has 2 aromatic rings. The molecule has 0 radical (unpaired) electrons. The average molecular weight is 254 g/mol. The molecule has 2 aromatic carbocycles. The van der Waals surface area contributed by atoms with E-state index in [9.17, 15) is 0 Å². The van der Waals surface area contributed by atoms with Crippen molar-refractivity contribution in [1.82, 2.24) is 0 Å². The molecule has 0 saturated heterocycles. The zero-order valence-electron chi connectivity index (χ0n) is 12.1. The number of hydrogen-bond donors (Lipinski definition) is 2. The first kappa shape index (κ1) is 13.6. The minimum atomic E-state index is -0.0763. The molecule has 2 nitrogen and oxygen atoms in total. The summed E-state index contributed by atoms with van der Waals surface area (Å²) in [5, 5.41) is 3.15. The normalized spacial score (nSPS) is 12.3. The number of benzene rings is 2. The minimum Gasteiger partial charge on any atom is -0.388 e. The van der Waals surface area contributed by atoms with Gasteiger partial charge in [-0.25, -0.2) is 0 Å². The summed E-state index contributed by atoms with van der Waals surface area (Å²) in [5.74, 6) is 0. The van der Waals surface area contributed by atoms with Crippen LogP contribution in [-0.2, 0) is 0 Å². The van der Waals surface area contributed by atoms with E-state index in [1.54, 1.807) is 0 Å². The molecule has 0 fully saturated rings. The predicted octanol–water partition coefficient (Wildman–Crippen LogP) is 3.70. The molecule has 2 heteroatoms. The van der Waals surface area contributed by atoms with Crippen molar-refractivity contribution in [3.05, 3.63) is 64.2 Å². The fourth-order valence-corrected chi connectivity index (χ4v) is 2.38. The fraction of sp³-hybridized carbons (Fsp3) is 0.294. The quantitative estimate of drug-likeness (QED) is 0.876. The van der Waals surface area contributed by atoms with Crippen LogP contribution in [0.2, 0.25) is 0 Å². The minimum absolute atomic E-state index is 0.0763. The van der Waals surface area contributed by atoms with E-state index in [0.717, 1.165) is 11.3 Å². The first-order chi connectivity index (χ1) is 9.04. The molecule has 0 aliphatic rings. The van der Waals surface area contributed by atoms with Crippen LogP contribution >= 0.6 is 0 Å². The molecular formula is C17H22N2. The Morgan fingerprint density at radius 2 is 1.74 bits per heavy atom. The van der Waals surface area contributed by atoms with Gasteiger partial charge in [0.25, 0.3) is 0 Å². The lowest BCUT2D eigenvalue weighted by Crippen LogP contribution is -2.14. The van der Waals surface area contributed by atoms with Crippen molar-refractivity contribution in [3.8, 4) is 0 Å². The number of hydrogen-bond acceptors (Lipinski definition) is 2. The Balaban J connectivity index is 2.44. The van der Waals surface area contributed by atoms with Gasteiger partial charge in [-0.05, 0) is 60.7 Å². The van der Waals surface area contributed by atoms with E-state index < -0.39 is 0 Å². The van der Waals surface area contributed by atoms with Gasteiger partial charge in [-0.1, -0.05) is 24.3 Å². The van der Waals surface area contributed by atoms with E-state index >= 15 is 0 Å². The van der Waals surface area contributed by atoms with Crippen molar-refractivity contribution in [2.24, 2.45) is 5.73 Å².